The van der Waals surface area contributed by atoms with Gasteiger partial charge in [-0.3, -0.25) is 4.79 Å². The van der Waals surface area contributed by atoms with Crippen LogP contribution in [-0.2, 0) is 4.74 Å². The molecule has 92 valence electrons. The van der Waals surface area contributed by atoms with Crippen LogP contribution in [0, 0.1) is 5.82 Å². The Hall–Kier alpha value is -1.46. The highest BCUT2D eigenvalue weighted by Crippen LogP contribution is 2.03. The predicted octanol–water partition coefficient (Wildman–Crippen LogP) is 0.544. The van der Waals surface area contributed by atoms with Gasteiger partial charge in [-0.2, -0.15) is 0 Å². The van der Waals surface area contributed by atoms with Crippen molar-refractivity contribution in [3.8, 4) is 0 Å². The van der Waals surface area contributed by atoms with Crippen molar-refractivity contribution in [3.05, 3.63) is 35.6 Å². The zero-order valence-electron chi connectivity index (χ0n) is 9.41. The molecule has 4 nitrogen and oxygen atoms in total. The van der Waals surface area contributed by atoms with Crippen LogP contribution >= 0.6 is 0 Å². The third kappa shape index (κ3) is 3.51. The largest absolute Gasteiger partial charge is 0.374 e. The molecular weight excluding hydrogens is 223 g/mol. The second-order valence-electron chi connectivity index (χ2n) is 3.92. The minimum atomic E-state index is -0.409. The van der Waals surface area contributed by atoms with E-state index in [1.165, 1.54) is 18.2 Å². The zero-order chi connectivity index (χ0) is 12.1. The number of morpholine rings is 1. The molecule has 0 radical (unpaired) electrons. The van der Waals surface area contributed by atoms with Gasteiger partial charge in [0.25, 0.3) is 5.91 Å². The number of halogens is 1. The van der Waals surface area contributed by atoms with E-state index in [0.717, 1.165) is 13.1 Å². The SMILES string of the molecule is O=C(NCC1CNCCO1)c1cccc(F)c1. The van der Waals surface area contributed by atoms with Crippen LogP contribution in [0.15, 0.2) is 24.3 Å². The maximum Gasteiger partial charge on any atom is 0.251 e. The van der Waals surface area contributed by atoms with Crippen LogP contribution in [0.25, 0.3) is 0 Å². The first kappa shape index (κ1) is 12.0. The van der Waals surface area contributed by atoms with E-state index in [1.807, 2.05) is 0 Å². The van der Waals surface area contributed by atoms with Gasteiger partial charge < -0.3 is 15.4 Å². The molecule has 1 aromatic rings. The molecule has 0 bridgehead atoms. The number of benzene rings is 1. The van der Waals surface area contributed by atoms with Gasteiger partial charge in [0.1, 0.15) is 5.82 Å². The normalized spacial score (nSPS) is 19.9. The van der Waals surface area contributed by atoms with E-state index in [1.54, 1.807) is 6.07 Å². The summed E-state index contributed by atoms with van der Waals surface area (Å²) in [4.78, 5) is 11.7. The van der Waals surface area contributed by atoms with Crippen molar-refractivity contribution in [1.29, 1.82) is 0 Å². The van der Waals surface area contributed by atoms with Gasteiger partial charge in [-0.25, -0.2) is 4.39 Å². The van der Waals surface area contributed by atoms with E-state index >= 15 is 0 Å². The number of hydrogen-bond donors (Lipinski definition) is 2. The van der Waals surface area contributed by atoms with Gasteiger partial charge in [0.2, 0.25) is 0 Å². The van der Waals surface area contributed by atoms with Crippen molar-refractivity contribution >= 4 is 5.91 Å². The lowest BCUT2D eigenvalue weighted by molar-refractivity contribution is 0.0287. The van der Waals surface area contributed by atoms with E-state index in [2.05, 4.69) is 10.6 Å². The molecule has 1 atom stereocenters. The molecule has 2 rings (SSSR count). The molecular formula is C12H15FN2O2. The Labute approximate surface area is 99.2 Å². The number of amides is 1. The average molecular weight is 238 g/mol. The summed E-state index contributed by atoms with van der Waals surface area (Å²) in [7, 11) is 0. The second-order valence-corrected chi connectivity index (χ2v) is 3.92. The summed E-state index contributed by atoms with van der Waals surface area (Å²) in [5.74, 6) is -0.688. The minimum Gasteiger partial charge on any atom is -0.374 e. The van der Waals surface area contributed by atoms with Crippen LogP contribution in [0.3, 0.4) is 0 Å². The van der Waals surface area contributed by atoms with E-state index < -0.39 is 5.82 Å². The van der Waals surface area contributed by atoms with Gasteiger partial charge in [-0.1, -0.05) is 6.07 Å². The molecule has 17 heavy (non-hydrogen) atoms. The number of rotatable bonds is 3. The summed E-state index contributed by atoms with van der Waals surface area (Å²) >= 11 is 0. The molecule has 0 aliphatic carbocycles. The molecule has 1 saturated heterocycles. The van der Waals surface area contributed by atoms with Crippen LogP contribution < -0.4 is 10.6 Å². The Kier molecular flexibility index (Phi) is 4.06. The maximum absolute atomic E-state index is 12.9. The fourth-order valence-electron chi connectivity index (χ4n) is 1.69. The molecule has 5 heteroatoms. The Morgan fingerprint density at radius 1 is 1.59 bits per heavy atom. The molecule has 1 aromatic carbocycles. The molecule has 2 N–H and O–H groups in total. The summed E-state index contributed by atoms with van der Waals surface area (Å²) < 4.78 is 18.3. The highest BCUT2D eigenvalue weighted by atomic mass is 19.1. The average Bonchev–Trinajstić information content (AvgIpc) is 2.37. The molecule has 1 amide bonds. The smallest absolute Gasteiger partial charge is 0.251 e. The molecule has 0 aromatic heterocycles. The van der Waals surface area contributed by atoms with Gasteiger partial charge in [0.05, 0.1) is 12.7 Å². The molecule has 0 spiro atoms. The first-order valence-electron chi connectivity index (χ1n) is 5.62. The topological polar surface area (TPSA) is 50.4 Å². The Balaban J connectivity index is 1.84. The van der Waals surface area contributed by atoms with E-state index in [-0.39, 0.29) is 12.0 Å². The van der Waals surface area contributed by atoms with E-state index in [9.17, 15) is 9.18 Å². The van der Waals surface area contributed by atoms with Crippen molar-refractivity contribution < 1.29 is 13.9 Å². The molecule has 1 unspecified atom stereocenters. The van der Waals surface area contributed by atoms with Crippen molar-refractivity contribution in [2.45, 2.75) is 6.10 Å². The molecule has 1 aliphatic heterocycles. The Bertz CT molecular complexity index is 392. The summed E-state index contributed by atoms with van der Waals surface area (Å²) in [5.41, 5.74) is 0.328. The fraction of sp³-hybridized carbons (Fsp3) is 0.417. The number of hydrogen-bond acceptors (Lipinski definition) is 3. The van der Waals surface area contributed by atoms with Crippen LogP contribution in [-0.4, -0.2) is 38.3 Å². The van der Waals surface area contributed by atoms with Crippen molar-refractivity contribution in [2.75, 3.05) is 26.2 Å². The number of nitrogens with one attached hydrogen (secondary N) is 2. The lowest BCUT2D eigenvalue weighted by Gasteiger charge is -2.23. The number of carbonyl (C=O) groups is 1. The maximum atomic E-state index is 12.9. The van der Waals surface area contributed by atoms with Crippen LogP contribution in [0.1, 0.15) is 10.4 Å². The summed E-state index contributed by atoms with van der Waals surface area (Å²) in [5, 5.41) is 5.90. The van der Waals surface area contributed by atoms with Gasteiger partial charge in [-0.15, -0.1) is 0 Å². The Morgan fingerprint density at radius 2 is 2.47 bits per heavy atom. The third-order valence-corrected chi connectivity index (χ3v) is 2.58. The van der Waals surface area contributed by atoms with Crippen molar-refractivity contribution in [3.63, 3.8) is 0 Å². The van der Waals surface area contributed by atoms with Crippen LogP contribution in [0.4, 0.5) is 4.39 Å². The zero-order valence-corrected chi connectivity index (χ0v) is 9.41. The van der Waals surface area contributed by atoms with E-state index in [0.29, 0.717) is 18.7 Å². The quantitative estimate of drug-likeness (QED) is 0.808. The highest BCUT2D eigenvalue weighted by molar-refractivity contribution is 5.94. The van der Waals surface area contributed by atoms with Gasteiger partial charge in [0.15, 0.2) is 0 Å². The minimum absolute atomic E-state index is 0.0127. The summed E-state index contributed by atoms with van der Waals surface area (Å²) in [6, 6.07) is 5.63. The predicted molar refractivity (Wildman–Crippen MR) is 61.3 cm³/mol. The first-order valence-corrected chi connectivity index (χ1v) is 5.62. The molecule has 0 saturated carbocycles. The van der Waals surface area contributed by atoms with E-state index in [4.69, 9.17) is 4.74 Å². The first-order chi connectivity index (χ1) is 8.25. The van der Waals surface area contributed by atoms with Gasteiger partial charge in [0, 0.05) is 25.2 Å². The number of carbonyl (C=O) groups excluding carboxylic acids is 1. The molecule has 1 aliphatic rings. The fourth-order valence-corrected chi connectivity index (χ4v) is 1.69. The lowest BCUT2D eigenvalue weighted by Crippen LogP contribution is -2.45. The van der Waals surface area contributed by atoms with Crippen molar-refractivity contribution in [2.24, 2.45) is 0 Å². The van der Waals surface area contributed by atoms with Gasteiger partial charge in [-0.05, 0) is 18.2 Å². The van der Waals surface area contributed by atoms with Crippen LogP contribution in [0.2, 0.25) is 0 Å². The summed E-state index contributed by atoms with van der Waals surface area (Å²) in [6.07, 6.45) is -0.0127. The summed E-state index contributed by atoms with van der Waals surface area (Å²) in [6.45, 7) is 2.65. The third-order valence-electron chi connectivity index (χ3n) is 2.58. The molecule has 1 heterocycles. The second kappa shape index (κ2) is 5.75. The standard InChI is InChI=1S/C12H15FN2O2/c13-10-3-1-2-9(6-10)12(16)15-8-11-7-14-4-5-17-11/h1-3,6,11,14H,4-5,7-8H2,(H,15,16). The van der Waals surface area contributed by atoms with Crippen molar-refractivity contribution in [1.82, 2.24) is 10.6 Å². The Morgan fingerprint density at radius 3 is 3.18 bits per heavy atom. The monoisotopic (exact) mass is 238 g/mol. The highest BCUT2D eigenvalue weighted by Gasteiger charge is 2.14. The van der Waals surface area contributed by atoms with Crippen LogP contribution in [0.5, 0.6) is 0 Å². The number of ether oxygens (including phenoxy) is 1. The van der Waals surface area contributed by atoms with Gasteiger partial charge >= 0.3 is 0 Å². The lowest BCUT2D eigenvalue weighted by atomic mass is 10.2. The molecule has 1 fully saturated rings.